The Morgan fingerprint density at radius 1 is 0.730 bits per heavy atom. The number of likely N-dealkylation sites (N-methyl/N-ethyl adjacent to an activating group) is 1. The molecule has 0 rings (SSSR count). The number of nitrogens with zero attached hydrogens (tertiary/aromatic N) is 1. The summed E-state index contributed by atoms with van der Waals surface area (Å²) in [6.45, 7) is 8.92. The molecule has 37 heavy (non-hydrogen) atoms. The zero-order valence-electron chi connectivity index (χ0n) is 22.4. The third-order valence-electron chi connectivity index (χ3n) is 4.88. The van der Waals surface area contributed by atoms with Crippen molar-refractivity contribution >= 4 is 24.5 Å². The summed E-state index contributed by atoms with van der Waals surface area (Å²) >= 11 is 0. The highest BCUT2D eigenvalue weighted by Crippen LogP contribution is 2.08. The topological polar surface area (TPSA) is 139 Å². The second-order valence-electron chi connectivity index (χ2n) is 8.12. The number of nitrogens with one attached hydrogen (secondary N) is 1. The fourth-order valence-corrected chi connectivity index (χ4v) is 2.85. The Kier molecular flexibility index (Phi) is 23.9. The molecule has 0 spiro atoms. The standard InChI is InChI=1S/C25H44N2O10/c1-22(2)23(20-28)27(3)25(31)7-9-33-11-13-35-15-17-37-19-18-36-16-14-34-12-10-32-8-5-4-6-24(30)26-21-29/h4,6,20-23H,5,7-19H2,1-3H3,(H,26,29,30)/b6-4-. The molecular weight excluding hydrogens is 488 g/mol. The Hall–Kier alpha value is -2.22. The summed E-state index contributed by atoms with van der Waals surface area (Å²) in [5.41, 5.74) is 0. The van der Waals surface area contributed by atoms with Gasteiger partial charge in [-0.25, -0.2) is 0 Å². The van der Waals surface area contributed by atoms with Crippen LogP contribution in [0.3, 0.4) is 0 Å². The molecule has 1 N–H and O–H groups in total. The first-order valence-electron chi connectivity index (χ1n) is 12.5. The maximum atomic E-state index is 12.1. The molecular formula is C25H44N2O10. The smallest absolute Gasteiger partial charge is 0.250 e. The van der Waals surface area contributed by atoms with E-state index in [0.29, 0.717) is 85.5 Å². The van der Waals surface area contributed by atoms with Gasteiger partial charge in [0.1, 0.15) is 6.29 Å². The largest absolute Gasteiger partial charge is 0.379 e. The van der Waals surface area contributed by atoms with E-state index in [0.717, 1.165) is 6.29 Å². The zero-order valence-corrected chi connectivity index (χ0v) is 22.4. The predicted octanol–water partition coefficient (Wildman–Crippen LogP) is 0.377. The quantitative estimate of drug-likeness (QED) is 0.0945. The molecule has 0 aromatic rings. The van der Waals surface area contributed by atoms with Gasteiger partial charge in [-0.3, -0.25) is 19.7 Å². The van der Waals surface area contributed by atoms with Gasteiger partial charge >= 0.3 is 0 Å². The molecule has 0 aromatic heterocycles. The lowest BCUT2D eigenvalue weighted by atomic mass is 10.0. The van der Waals surface area contributed by atoms with Gasteiger partial charge in [-0.15, -0.1) is 0 Å². The summed E-state index contributed by atoms with van der Waals surface area (Å²) in [6, 6.07) is -0.417. The minimum Gasteiger partial charge on any atom is -0.379 e. The summed E-state index contributed by atoms with van der Waals surface area (Å²) in [7, 11) is 1.63. The van der Waals surface area contributed by atoms with E-state index in [9.17, 15) is 19.2 Å². The van der Waals surface area contributed by atoms with Crippen LogP contribution in [0, 0.1) is 5.92 Å². The normalized spacial score (nSPS) is 12.1. The fourth-order valence-electron chi connectivity index (χ4n) is 2.85. The molecule has 0 aliphatic carbocycles. The van der Waals surface area contributed by atoms with Crippen molar-refractivity contribution in [3.8, 4) is 0 Å². The fraction of sp³-hybridized carbons (Fsp3) is 0.760. The van der Waals surface area contributed by atoms with Crippen LogP contribution in [0.2, 0.25) is 0 Å². The molecule has 1 unspecified atom stereocenters. The average Bonchev–Trinajstić information content (AvgIpc) is 2.87. The van der Waals surface area contributed by atoms with Gasteiger partial charge in [0.05, 0.1) is 91.7 Å². The van der Waals surface area contributed by atoms with Crippen molar-refractivity contribution < 1.29 is 47.6 Å². The molecule has 12 nitrogen and oxygen atoms in total. The van der Waals surface area contributed by atoms with Crippen LogP contribution in [0.1, 0.15) is 26.7 Å². The summed E-state index contributed by atoms with van der Waals surface area (Å²) in [5.74, 6) is -0.506. The second-order valence-corrected chi connectivity index (χ2v) is 8.12. The van der Waals surface area contributed by atoms with Gasteiger partial charge in [0, 0.05) is 7.05 Å². The van der Waals surface area contributed by atoms with E-state index in [1.165, 1.54) is 11.0 Å². The monoisotopic (exact) mass is 532 g/mol. The molecule has 0 saturated heterocycles. The molecule has 12 heteroatoms. The van der Waals surface area contributed by atoms with Crippen molar-refractivity contribution in [2.75, 3.05) is 86.3 Å². The molecule has 0 heterocycles. The van der Waals surface area contributed by atoms with Crippen LogP contribution in [-0.2, 0) is 47.6 Å². The first kappa shape index (κ1) is 34.8. The number of carbonyl (C=O) groups is 4. The molecule has 0 fully saturated rings. The first-order valence-corrected chi connectivity index (χ1v) is 12.5. The number of hydrogen-bond acceptors (Lipinski definition) is 10. The second kappa shape index (κ2) is 25.4. The first-order chi connectivity index (χ1) is 17.9. The predicted molar refractivity (Wildman–Crippen MR) is 135 cm³/mol. The summed E-state index contributed by atoms with van der Waals surface area (Å²) in [6.07, 6.45) is 4.84. The van der Waals surface area contributed by atoms with Gasteiger partial charge < -0.3 is 38.1 Å². The number of imide groups is 1. The molecule has 3 amide bonds. The molecule has 0 saturated carbocycles. The lowest BCUT2D eigenvalue weighted by Gasteiger charge is -2.26. The van der Waals surface area contributed by atoms with Crippen molar-refractivity contribution in [1.29, 1.82) is 0 Å². The number of aldehydes is 1. The number of ether oxygens (including phenoxy) is 6. The highest BCUT2D eigenvalue weighted by Gasteiger charge is 2.21. The maximum absolute atomic E-state index is 12.1. The van der Waals surface area contributed by atoms with Crippen molar-refractivity contribution in [3.05, 3.63) is 12.2 Å². The van der Waals surface area contributed by atoms with Crippen LogP contribution in [-0.4, -0.2) is 122 Å². The summed E-state index contributed by atoms with van der Waals surface area (Å²) < 4.78 is 32.4. The van der Waals surface area contributed by atoms with Gasteiger partial charge in [-0.05, 0) is 18.4 Å². The van der Waals surface area contributed by atoms with E-state index in [4.69, 9.17) is 28.4 Å². The van der Waals surface area contributed by atoms with Crippen LogP contribution >= 0.6 is 0 Å². The molecule has 0 aliphatic rings. The van der Waals surface area contributed by atoms with Crippen molar-refractivity contribution in [2.45, 2.75) is 32.7 Å². The van der Waals surface area contributed by atoms with Crippen LogP contribution < -0.4 is 5.32 Å². The minimum absolute atomic E-state index is 0.0700. The molecule has 0 aromatic carbocycles. The van der Waals surface area contributed by atoms with Crippen LogP contribution in [0.5, 0.6) is 0 Å². The Balaban J connectivity index is 3.32. The third-order valence-corrected chi connectivity index (χ3v) is 4.88. The highest BCUT2D eigenvalue weighted by molar-refractivity contribution is 5.94. The van der Waals surface area contributed by atoms with Crippen LogP contribution in [0.4, 0.5) is 0 Å². The van der Waals surface area contributed by atoms with Gasteiger partial charge in [0.2, 0.25) is 18.2 Å². The maximum Gasteiger partial charge on any atom is 0.250 e. The molecule has 214 valence electrons. The lowest BCUT2D eigenvalue weighted by Crippen LogP contribution is -2.41. The van der Waals surface area contributed by atoms with Gasteiger partial charge in [0.25, 0.3) is 0 Å². The lowest BCUT2D eigenvalue weighted by molar-refractivity contribution is -0.137. The molecule has 0 bridgehead atoms. The Bertz CT molecular complexity index is 631. The molecule has 1 atom stereocenters. The van der Waals surface area contributed by atoms with Gasteiger partial charge in [-0.2, -0.15) is 0 Å². The van der Waals surface area contributed by atoms with Crippen molar-refractivity contribution in [3.63, 3.8) is 0 Å². The van der Waals surface area contributed by atoms with Gasteiger partial charge in [0.15, 0.2) is 0 Å². The van der Waals surface area contributed by atoms with Crippen molar-refractivity contribution in [2.24, 2.45) is 5.92 Å². The number of rotatable bonds is 26. The van der Waals surface area contributed by atoms with E-state index in [2.05, 4.69) is 0 Å². The SMILES string of the molecule is CC(C)C(C=O)N(C)C(=O)CCOCCOCCOCCOCCOCCOCC/C=C\C(=O)NC=O. The van der Waals surface area contributed by atoms with E-state index in [-0.39, 0.29) is 24.9 Å². The minimum atomic E-state index is -0.456. The van der Waals surface area contributed by atoms with E-state index < -0.39 is 11.9 Å². The summed E-state index contributed by atoms with van der Waals surface area (Å²) in [5, 5.41) is 2.01. The van der Waals surface area contributed by atoms with Crippen LogP contribution in [0.15, 0.2) is 12.2 Å². The number of hydrogen-bond donors (Lipinski definition) is 1. The highest BCUT2D eigenvalue weighted by atomic mass is 16.6. The van der Waals surface area contributed by atoms with Gasteiger partial charge in [-0.1, -0.05) is 19.9 Å². The van der Waals surface area contributed by atoms with Crippen LogP contribution in [0.25, 0.3) is 0 Å². The molecule has 0 radical (unpaired) electrons. The third kappa shape index (κ3) is 21.6. The Morgan fingerprint density at radius 3 is 1.57 bits per heavy atom. The van der Waals surface area contributed by atoms with E-state index in [1.54, 1.807) is 13.1 Å². The summed E-state index contributed by atoms with van der Waals surface area (Å²) in [4.78, 5) is 45.7. The van der Waals surface area contributed by atoms with Crippen molar-refractivity contribution in [1.82, 2.24) is 10.2 Å². The Morgan fingerprint density at radius 2 is 1.16 bits per heavy atom. The number of amides is 3. The average molecular weight is 533 g/mol. The Labute approximate surface area is 219 Å². The zero-order chi connectivity index (χ0) is 27.6. The van der Waals surface area contributed by atoms with E-state index >= 15 is 0 Å². The van der Waals surface area contributed by atoms with E-state index in [1.807, 2.05) is 19.2 Å². The molecule has 0 aliphatic heterocycles. The number of carbonyl (C=O) groups excluding carboxylic acids is 4.